The second-order valence-corrected chi connectivity index (χ2v) is 5.40. The molecule has 21 heavy (non-hydrogen) atoms. The Kier molecular flexibility index (Phi) is 2.87. The lowest BCUT2D eigenvalue weighted by atomic mass is 10.2. The van der Waals surface area contributed by atoms with E-state index < -0.39 is 0 Å². The van der Waals surface area contributed by atoms with E-state index in [1.54, 1.807) is 10.7 Å². The predicted molar refractivity (Wildman–Crippen MR) is 76.6 cm³/mol. The smallest absolute Gasteiger partial charge is 0.277 e. The Morgan fingerprint density at radius 3 is 3.14 bits per heavy atom. The van der Waals surface area contributed by atoms with E-state index in [9.17, 15) is 4.79 Å². The molecule has 2 aromatic rings. The number of nitrogens with zero attached hydrogens (tertiary/aromatic N) is 3. The van der Waals surface area contributed by atoms with Gasteiger partial charge in [0.2, 0.25) is 5.88 Å². The number of hydrogen-bond donors (Lipinski definition) is 1. The maximum absolute atomic E-state index is 12.2. The molecule has 0 unspecified atom stereocenters. The normalized spacial score (nSPS) is 16.0. The van der Waals surface area contributed by atoms with E-state index >= 15 is 0 Å². The summed E-state index contributed by atoms with van der Waals surface area (Å²) < 4.78 is 7.20. The lowest BCUT2D eigenvalue weighted by Gasteiger charge is -2.13. The maximum atomic E-state index is 12.2. The first-order valence-electron chi connectivity index (χ1n) is 7.30. The second-order valence-electron chi connectivity index (χ2n) is 5.40. The van der Waals surface area contributed by atoms with Crippen LogP contribution in [0.4, 0.5) is 5.82 Å². The molecule has 0 radical (unpaired) electrons. The fourth-order valence-corrected chi connectivity index (χ4v) is 2.85. The largest absolute Gasteiger partial charge is 0.478 e. The van der Waals surface area contributed by atoms with E-state index in [1.807, 2.05) is 12.1 Å². The lowest BCUT2D eigenvalue weighted by molar-refractivity contribution is 0.102. The number of hydrogen-bond acceptors (Lipinski definition) is 4. The predicted octanol–water partition coefficient (Wildman–Crippen LogP) is 1.80. The molecule has 0 atom stereocenters. The number of carbonyl (C=O) groups is 1. The first kappa shape index (κ1) is 12.4. The molecule has 1 amide bonds. The van der Waals surface area contributed by atoms with Crippen molar-refractivity contribution in [2.24, 2.45) is 0 Å². The highest BCUT2D eigenvalue weighted by molar-refractivity contribution is 6.02. The molecular formula is C15H16N4O2. The molecule has 0 aromatic carbocycles. The van der Waals surface area contributed by atoms with Crippen molar-refractivity contribution in [2.45, 2.75) is 32.2 Å². The Balaban J connectivity index is 1.54. The molecule has 2 aromatic heterocycles. The van der Waals surface area contributed by atoms with Crippen LogP contribution in [0.25, 0.3) is 0 Å². The number of amides is 1. The van der Waals surface area contributed by atoms with Crippen LogP contribution in [0.5, 0.6) is 5.88 Å². The maximum Gasteiger partial charge on any atom is 0.277 e. The molecule has 0 spiro atoms. The summed E-state index contributed by atoms with van der Waals surface area (Å²) in [6.45, 7) is 1.47. The SMILES string of the molecule is O=C(Nc1ccc2c(n1)CCC2)c1cc2n(n1)CCCO2. The van der Waals surface area contributed by atoms with Gasteiger partial charge in [-0.15, -0.1) is 0 Å². The van der Waals surface area contributed by atoms with Crippen LogP contribution in [0.3, 0.4) is 0 Å². The standard InChI is InChI=1S/C15H16N4O2/c20-15(12-9-14-19(18-12)7-2-8-21-14)17-13-6-5-10-3-1-4-11(10)16-13/h5-6,9H,1-4,7-8H2,(H,16,17,20). The number of nitrogens with one attached hydrogen (secondary N) is 1. The van der Waals surface area contributed by atoms with Gasteiger partial charge in [0, 0.05) is 24.7 Å². The minimum absolute atomic E-state index is 0.244. The molecule has 108 valence electrons. The zero-order valence-corrected chi connectivity index (χ0v) is 11.6. The molecule has 1 aliphatic carbocycles. The van der Waals surface area contributed by atoms with Crippen molar-refractivity contribution in [1.82, 2.24) is 14.8 Å². The van der Waals surface area contributed by atoms with Gasteiger partial charge >= 0.3 is 0 Å². The van der Waals surface area contributed by atoms with Gasteiger partial charge in [-0.25, -0.2) is 9.67 Å². The van der Waals surface area contributed by atoms with Crippen LogP contribution < -0.4 is 10.1 Å². The molecule has 0 fully saturated rings. The molecule has 1 N–H and O–H groups in total. The Labute approximate surface area is 122 Å². The molecule has 0 saturated carbocycles. The number of fused-ring (bicyclic) bond motifs is 2. The lowest BCUT2D eigenvalue weighted by Crippen LogP contribution is -2.16. The summed E-state index contributed by atoms with van der Waals surface area (Å²) in [6.07, 6.45) is 4.14. The highest BCUT2D eigenvalue weighted by atomic mass is 16.5. The third-order valence-electron chi connectivity index (χ3n) is 3.91. The highest BCUT2D eigenvalue weighted by Crippen LogP contribution is 2.22. The van der Waals surface area contributed by atoms with Gasteiger partial charge in [0.15, 0.2) is 5.69 Å². The molecular weight excluding hydrogens is 268 g/mol. The minimum Gasteiger partial charge on any atom is -0.478 e. The van der Waals surface area contributed by atoms with Crippen LogP contribution in [0.2, 0.25) is 0 Å². The van der Waals surface area contributed by atoms with Crippen LogP contribution in [-0.2, 0) is 19.4 Å². The number of rotatable bonds is 2. The number of anilines is 1. The Morgan fingerprint density at radius 1 is 1.29 bits per heavy atom. The average molecular weight is 284 g/mol. The number of aryl methyl sites for hydroxylation is 3. The van der Waals surface area contributed by atoms with E-state index in [1.165, 1.54) is 5.56 Å². The average Bonchev–Trinajstić information content (AvgIpc) is 3.13. The van der Waals surface area contributed by atoms with Crippen molar-refractivity contribution < 1.29 is 9.53 Å². The monoisotopic (exact) mass is 284 g/mol. The fraction of sp³-hybridized carbons (Fsp3) is 0.400. The molecule has 4 rings (SSSR count). The number of carbonyl (C=O) groups excluding carboxylic acids is 1. The third kappa shape index (κ3) is 2.26. The molecule has 0 saturated heterocycles. The molecule has 2 aliphatic rings. The topological polar surface area (TPSA) is 69.0 Å². The van der Waals surface area contributed by atoms with E-state index in [2.05, 4.69) is 15.4 Å². The van der Waals surface area contributed by atoms with Gasteiger partial charge in [0.25, 0.3) is 5.91 Å². The van der Waals surface area contributed by atoms with Crippen molar-refractivity contribution in [3.63, 3.8) is 0 Å². The summed E-state index contributed by atoms with van der Waals surface area (Å²) >= 11 is 0. The van der Waals surface area contributed by atoms with E-state index in [0.29, 0.717) is 24.0 Å². The summed E-state index contributed by atoms with van der Waals surface area (Å²) in [5.41, 5.74) is 2.76. The quantitative estimate of drug-likeness (QED) is 0.913. The second kappa shape index (κ2) is 4.87. The minimum atomic E-state index is -0.244. The van der Waals surface area contributed by atoms with Gasteiger partial charge in [-0.05, 0) is 30.9 Å². The molecule has 6 heteroatoms. The van der Waals surface area contributed by atoms with E-state index in [-0.39, 0.29) is 5.91 Å². The zero-order chi connectivity index (χ0) is 14.2. The first-order valence-corrected chi connectivity index (χ1v) is 7.30. The number of ether oxygens (including phenoxy) is 1. The Bertz CT molecular complexity index is 684. The van der Waals surface area contributed by atoms with Crippen molar-refractivity contribution in [1.29, 1.82) is 0 Å². The number of aromatic nitrogens is 3. The Morgan fingerprint density at radius 2 is 2.24 bits per heavy atom. The zero-order valence-electron chi connectivity index (χ0n) is 11.6. The van der Waals surface area contributed by atoms with Crippen molar-refractivity contribution in [3.05, 3.63) is 35.2 Å². The fourth-order valence-electron chi connectivity index (χ4n) is 2.85. The third-order valence-corrected chi connectivity index (χ3v) is 3.91. The van der Waals surface area contributed by atoms with Crippen LogP contribution in [0.1, 0.15) is 34.6 Å². The van der Waals surface area contributed by atoms with Crippen LogP contribution in [0.15, 0.2) is 18.2 Å². The summed E-state index contributed by atoms with van der Waals surface area (Å²) in [4.78, 5) is 16.8. The van der Waals surface area contributed by atoms with Gasteiger partial charge in [-0.2, -0.15) is 5.10 Å². The Hall–Kier alpha value is -2.37. The molecule has 3 heterocycles. The summed E-state index contributed by atoms with van der Waals surface area (Å²) in [5.74, 6) is 1.01. The van der Waals surface area contributed by atoms with Crippen molar-refractivity contribution in [2.75, 3.05) is 11.9 Å². The number of pyridine rings is 1. The van der Waals surface area contributed by atoms with Crippen LogP contribution in [-0.4, -0.2) is 27.3 Å². The molecule has 6 nitrogen and oxygen atoms in total. The summed E-state index contributed by atoms with van der Waals surface area (Å²) in [6, 6.07) is 5.59. The van der Waals surface area contributed by atoms with Crippen molar-refractivity contribution >= 4 is 11.7 Å². The van der Waals surface area contributed by atoms with Crippen LogP contribution >= 0.6 is 0 Å². The van der Waals surface area contributed by atoms with Crippen molar-refractivity contribution in [3.8, 4) is 5.88 Å². The van der Waals surface area contributed by atoms with E-state index in [0.717, 1.165) is 37.9 Å². The highest BCUT2D eigenvalue weighted by Gasteiger charge is 2.19. The summed E-state index contributed by atoms with van der Waals surface area (Å²) in [5, 5.41) is 7.09. The van der Waals surface area contributed by atoms with Gasteiger partial charge in [0.1, 0.15) is 5.82 Å². The first-order chi connectivity index (χ1) is 10.3. The van der Waals surface area contributed by atoms with Crippen LogP contribution in [0, 0.1) is 0 Å². The summed E-state index contributed by atoms with van der Waals surface area (Å²) in [7, 11) is 0. The van der Waals surface area contributed by atoms with Gasteiger partial charge in [0.05, 0.1) is 6.61 Å². The van der Waals surface area contributed by atoms with E-state index in [4.69, 9.17) is 4.74 Å². The van der Waals surface area contributed by atoms with Gasteiger partial charge in [-0.1, -0.05) is 6.07 Å². The van der Waals surface area contributed by atoms with Gasteiger partial charge < -0.3 is 10.1 Å². The molecule has 1 aliphatic heterocycles. The van der Waals surface area contributed by atoms with Gasteiger partial charge in [-0.3, -0.25) is 4.79 Å². The molecule has 0 bridgehead atoms.